The Morgan fingerprint density at radius 3 is 2.94 bits per heavy atom. The summed E-state index contributed by atoms with van der Waals surface area (Å²) < 4.78 is 7.16. The molecule has 0 atom stereocenters. The van der Waals surface area contributed by atoms with Crippen LogP contribution in [0.3, 0.4) is 0 Å². The second-order valence-corrected chi connectivity index (χ2v) is 3.68. The summed E-state index contributed by atoms with van der Waals surface area (Å²) in [6.07, 6.45) is 2.30. The van der Waals surface area contributed by atoms with Gasteiger partial charge in [-0.3, -0.25) is 4.68 Å². The Morgan fingerprint density at radius 2 is 2.22 bits per heavy atom. The first kappa shape index (κ1) is 11.9. The minimum Gasteiger partial charge on any atom is -0.491 e. The number of nitrogens with zero attached hydrogens (tertiary/aromatic N) is 4. The van der Waals surface area contributed by atoms with Crippen molar-refractivity contribution in [1.29, 1.82) is 5.26 Å². The topological polar surface area (TPSA) is 89.8 Å². The van der Waals surface area contributed by atoms with Crippen LogP contribution in [0.1, 0.15) is 12.2 Å². The first-order chi connectivity index (χ1) is 8.79. The molecule has 0 radical (unpaired) electrons. The van der Waals surface area contributed by atoms with Gasteiger partial charge in [0.2, 0.25) is 0 Å². The third-order valence-corrected chi connectivity index (χ3v) is 2.34. The van der Waals surface area contributed by atoms with Crippen molar-refractivity contribution in [2.24, 2.45) is 0 Å². The summed E-state index contributed by atoms with van der Waals surface area (Å²) >= 11 is 0. The van der Waals surface area contributed by atoms with Gasteiger partial charge in [-0.15, -0.1) is 5.10 Å². The van der Waals surface area contributed by atoms with Gasteiger partial charge in [0, 0.05) is 13.0 Å². The molecular weight excluding hydrogens is 230 g/mol. The van der Waals surface area contributed by atoms with E-state index in [0.717, 1.165) is 6.42 Å². The predicted molar refractivity (Wildman–Crippen MR) is 65.7 cm³/mol. The molecule has 0 bridgehead atoms. The third-order valence-electron chi connectivity index (χ3n) is 2.34. The summed E-state index contributed by atoms with van der Waals surface area (Å²) in [4.78, 5) is 3.82. The van der Waals surface area contributed by atoms with Gasteiger partial charge < -0.3 is 10.5 Å². The van der Waals surface area contributed by atoms with Crippen LogP contribution in [0.5, 0.6) is 5.75 Å². The Bertz CT molecular complexity index is 558. The highest BCUT2D eigenvalue weighted by atomic mass is 16.5. The Balaban J connectivity index is 1.77. The Morgan fingerprint density at radius 1 is 1.39 bits per heavy atom. The molecule has 0 unspecified atom stereocenters. The molecule has 1 heterocycles. The lowest BCUT2D eigenvalue weighted by atomic mass is 10.3. The quantitative estimate of drug-likeness (QED) is 0.629. The average molecular weight is 243 g/mol. The largest absolute Gasteiger partial charge is 0.491 e. The normalized spacial score (nSPS) is 9.94. The zero-order valence-electron chi connectivity index (χ0n) is 9.78. The summed E-state index contributed by atoms with van der Waals surface area (Å²) in [5, 5.41) is 12.5. The summed E-state index contributed by atoms with van der Waals surface area (Å²) in [5.41, 5.74) is 6.38. The maximum atomic E-state index is 8.57. The first-order valence-electron chi connectivity index (χ1n) is 5.56. The fraction of sp³-hybridized carbons (Fsp3) is 0.250. The molecule has 0 fully saturated rings. The lowest BCUT2D eigenvalue weighted by Crippen LogP contribution is -2.06. The molecule has 6 heteroatoms. The van der Waals surface area contributed by atoms with E-state index in [9.17, 15) is 0 Å². The summed E-state index contributed by atoms with van der Waals surface area (Å²) in [5.74, 6) is 0.872. The number of anilines is 1. The maximum absolute atomic E-state index is 8.57. The number of nitrogens with two attached hydrogens (primary N) is 1. The predicted octanol–water partition coefficient (Wildman–Crippen LogP) is 1.20. The molecule has 0 spiro atoms. The van der Waals surface area contributed by atoms with Crippen LogP contribution in [-0.2, 0) is 6.54 Å². The van der Waals surface area contributed by atoms with E-state index in [2.05, 4.69) is 10.1 Å². The Labute approximate surface area is 105 Å². The molecule has 18 heavy (non-hydrogen) atoms. The molecule has 1 aromatic carbocycles. The smallest absolute Gasteiger partial charge is 0.252 e. The van der Waals surface area contributed by atoms with E-state index >= 15 is 0 Å². The third kappa shape index (κ3) is 2.98. The van der Waals surface area contributed by atoms with Crippen LogP contribution in [0, 0.1) is 11.3 Å². The van der Waals surface area contributed by atoms with E-state index < -0.39 is 0 Å². The molecule has 0 aliphatic heterocycles. The van der Waals surface area contributed by atoms with E-state index in [4.69, 9.17) is 15.7 Å². The van der Waals surface area contributed by atoms with E-state index in [1.165, 1.54) is 6.33 Å². The molecule has 0 aliphatic carbocycles. The Hall–Kier alpha value is -2.55. The zero-order valence-corrected chi connectivity index (χ0v) is 9.78. The minimum atomic E-state index is 0.184. The number of nitriles is 1. The van der Waals surface area contributed by atoms with Crippen molar-refractivity contribution in [2.75, 3.05) is 12.3 Å². The highest BCUT2D eigenvalue weighted by Gasteiger charge is 2.00. The molecule has 0 amide bonds. The average Bonchev–Trinajstić information content (AvgIpc) is 2.84. The van der Waals surface area contributed by atoms with Crippen molar-refractivity contribution >= 4 is 5.69 Å². The number of hydrogen-bond acceptors (Lipinski definition) is 5. The van der Waals surface area contributed by atoms with Crippen LogP contribution >= 0.6 is 0 Å². The molecule has 2 N–H and O–H groups in total. The molecule has 0 saturated heterocycles. The van der Waals surface area contributed by atoms with E-state index in [-0.39, 0.29) is 5.82 Å². The number of para-hydroxylation sites is 2. The number of nitrogen functional groups attached to an aromatic ring is 1. The number of benzene rings is 1. The van der Waals surface area contributed by atoms with Gasteiger partial charge in [0.15, 0.2) is 0 Å². The number of aryl methyl sites for hydroxylation is 1. The molecule has 2 rings (SSSR count). The van der Waals surface area contributed by atoms with Crippen molar-refractivity contribution in [3.8, 4) is 11.8 Å². The fourth-order valence-corrected chi connectivity index (χ4v) is 1.47. The van der Waals surface area contributed by atoms with Gasteiger partial charge in [0.1, 0.15) is 18.1 Å². The summed E-state index contributed by atoms with van der Waals surface area (Å²) in [6.45, 7) is 1.19. The fourth-order valence-electron chi connectivity index (χ4n) is 1.47. The van der Waals surface area contributed by atoms with Crippen LogP contribution in [0.2, 0.25) is 0 Å². The van der Waals surface area contributed by atoms with Crippen LogP contribution in [-0.4, -0.2) is 21.4 Å². The second-order valence-electron chi connectivity index (χ2n) is 3.68. The highest BCUT2D eigenvalue weighted by Crippen LogP contribution is 2.19. The lowest BCUT2D eigenvalue weighted by Gasteiger charge is -2.08. The van der Waals surface area contributed by atoms with Crippen LogP contribution in [0.4, 0.5) is 5.69 Å². The highest BCUT2D eigenvalue weighted by molar-refractivity contribution is 5.51. The summed E-state index contributed by atoms with van der Waals surface area (Å²) in [6, 6.07) is 9.25. The number of rotatable bonds is 5. The number of aromatic nitrogens is 3. The van der Waals surface area contributed by atoms with Crippen molar-refractivity contribution in [3.05, 3.63) is 36.4 Å². The van der Waals surface area contributed by atoms with Gasteiger partial charge in [-0.05, 0) is 12.1 Å². The van der Waals surface area contributed by atoms with Crippen LogP contribution in [0.15, 0.2) is 30.6 Å². The van der Waals surface area contributed by atoms with E-state index in [0.29, 0.717) is 24.6 Å². The van der Waals surface area contributed by atoms with Gasteiger partial charge in [0.05, 0.1) is 12.3 Å². The van der Waals surface area contributed by atoms with Gasteiger partial charge in [-0.25, -0.2) is 4.98 Å². The van der Waals surface area contributed by atoms with Crippen molar-refractivity contribution in [2.45, 2.75) is 13.0 Å². The van der Waals surface area contributed by atoms with Gasteiger partial charge in [0.25, 0.3) is 5.82 Å². The van der Waals surface area contributed by atoms with Crippen molar-refractivity contribution in [1.82, 2.24) is 14.8 Å². The van der Waals surface area contributed by atoms with Crippen molar-refractivity contribution < 1.29 is 4.74 Å². The van der Waals surface area contributed by atoms with Crippen LogP contribution < -0.4 is 10.5 Å². The summed E-state index contributed by atoms with van der Waals surface area (Å²) in [7, 11) is 0. The van der Waals surface area contributed by atoms with Crippen molar-refractivity contribution in [3.63, 3.8) is 0 Å². The first-order valence-corrected chi connectivity index (χ1v) is 5.56. The number of hydrogen-bond donors (Lipinski definition) is 1. The maximum Gasteiger partial charge on any atom is 0.252 e. The van der Waals surface area contributed by atoms with Gasteiger partial charge >= 0.3 is 0 Å². The molecule has 1 aromatic heterocycles. The SMILES string of the molecule is N#Cc1ncn(CCCOc2ccccc2N)n1. The molecule has 92 valence electrons. The molecular formula is C12H13N5O. The lowest BCUT2D eigenvalue weighted by molar-refractivity contribution is 0.300. The monoisotopic (exact) mass is 243 g/mol. The molecule has 0 saturated carbocycles. The van der Waals surface area contributed by atoms with Crippen LogP contribution in [0.25, 0.3) is 0 Å². The molecule has 2 aromatic rings. The zero-order chi connectivity index (χ0) is 12.8. The standard InChI is InChI=1S/C12H13N5O/c13-8-12-15-9-17(16-12)6-3-7-18-11-5-2-1-4-10(11)14/h1-2,4-5,9H,3,6-7,14H2. The van der Waals surface area contributed by atoms with E-state index in [1.807, 2.05) is 24.3 Å². The molecule has 0 aliphatic rings. The van der Waals surface area contributed by atoms with E-state index in [1.54, 1.807) is 10.7 Å². The Kier molecular flexibility index (Phi) is 3.76. The van der Waals surface area contributed by atoms with Gasteiger partial charge in [-0.1, -0.05) is 12.1 Å². The molecule has 6 nitrogen and oxygen atoms in total. The number of ether oxygens (including phenoxy) is 1. The minimum absolute atomic E-state index is 0.184. The second kappa shape index (κ2) is 5.68. The van der Waals surface area contributed by atoms with Gasteiger partial charge in [-0.2, -0.15) is 5.26 Å².